The maximum absolute atomic E-state index is 12.3. The number of aryl methyl sites for hydroxylation is 1. The summed E-state index contributed by atoms with van der Waals surface area (Å²) >= 11 is 0. The van der Waals surface area contributed by atoms with Gasteiger partial charge in [-0.05, 0) is 75.3 Å². The standard InChI is InChI=1S/C32H38N4O6/c1-20-29(39)28(30(40)33-18-27(37)38)35-26(34-20)17-21-13-15-36(16-14-21)25-11-9-24(10-12-25)23-7-5-22(6-8-23)19-42-31(41)32(2,3)4/h5-12,21,39H,13-19H2,1-4H3,(H,33,40)(H,37,38). The number of benzene rings is 2. The third kappa shape index (κ3) is 7.84. The normalized spacial score (nSPS) is 14.0. The summed E-state index contributed by atoms with van der Waals surface area (Å²) < 4.78 is 5.41. The molecule has 1 aliphatic rings. The van der Waals surface area contributed by atoms with Crippen molar-refractivity contribution in [2.75, 3.05) is 24.5 Å². The van der Waals surface area contributed by atoms with E-state index >= 15 is 0 Å². The van der Waals surface area contributed by atoms with E-state index < -0.39 is 23.8 Å². The molecule has 1 saturated heterocycles. The largest absolute Gasteiger partial charge is 0.504 e. The van der Waals surface area contributed by atoms with E-state index in [-0.39, 0.29) is 29.7 Å². The zero-order valence-corrected chi connectivity index (χ0v) is 24.5. The maximum Gasteiger partial charge on any atom is 0.322 e. The van der Waals surface area contributed by atoms with Crippen molar-refractivity contribution >= 4 is 23.5 Å². The number of hydrogen-bond acceptors (Lipinski definition) is 8. The monoisotopic (exact) mass is 574 g/mol. The summed E-state index contributed by atoms with van der Waals surface area (Å²) in [6.07, 6.45) is 2.41. The van der Waals surface area contributed by atoms with Crippen LogP contribution in [0, 0.1) is 18.3 Å². The summed E-state index contributed by atoms with van der Waals surface area (Å²) in [5, 5.41) is 21.3. The maximum atomic E-state index is 12.3. The molecule has 1 amide bonds. The van der Waals surface area contributed by atoms with Gasteiger partial charge < -0.3 is 25.2 Å². The van der Waals surface area contributed by atoms with Crippen molar-refractivity contribution < 1.29 is 29.3 Å². The first-order chi connectivity index (χ1) is 19.9. The highest BCUT2D eigenvalue weighted by Crippen LogP contribution is 2.29. The first-order valence-corrected chi connectivity index (χ1v) is 14.1. The minimum Gasteiger partial charge on any atom is -0.504 e. The fourth-order valence-electron chi connectivity index (χ4n) is 4.79. The van der Waals surface area contributed by atoms with Crippen LogP contribution >= 0.6 is 0 Å². The number of aromatic hydroxyl groups is 1. The van der Waals surface area contributed by atoms with Crippen LogP contribution in [0.2, 0.25) is 0 Å². The number of carboxylic acid groups (broad SMARTS) is 1. The van der Waals surface area contributed by atoms with Crippen LogP contribution in [0.1, 0.15) is 61.2 Å². The van der Waals surface area contributed by atoms with Crippen LogP contribution in [0.3, 0.4) is 0 Å². The Morgan fingerprint density at radius 3 is 2.14 bits per heavy atom. The van der Waals surface area contributed by atoms with E-state index in [1.165, 1.54) is 0 Å². The molecule has 1 aliphatic heterocycles. The number of piperidine rings is 1. The van der Waals surface area contributed by atoms with Crippen molar-refractivity contribution in [3.8, 4) is 16.9 Å². The number of aromatic nitrogens is 2. The fraction of sp³-hybridized carbons (Fsp3) is 0.406. The molecule has 0 radical (unpaired) electrons. The minimum atomic E-state index is -1.18. The van der Waals surface area contributed by atoms with Gasteiger partial charge in [-0.25, -0.2) is 9.97 Å². The Labute approximate surface area is 245 Å². The molecule has 3 aromatic rings. The molecule has 3 N–H and O–H groups in total. The van der Waals surface area contributed by atoms with E-state index in [1.807, 2.05) is 45.0 Å². The lowest BCUT2D eigenvalue weighted by molar-refractivity contribution is -0.154. The van der Waals surface area contributed by atoms with E-state index in [9.17, 15) is 19.5 Å². The van der Waals surface area contributed by atoms with Crippen LogP contribution in [0.5, 0.6) is 5.75 Å². The van der Waals surface area contributed by atoms with Crippen LogP contribution in [0.25, 0.3) is 11.1 Å². The number of carboxylic acids is 1. The van der Waals surface area contributed by atoms with Crippen LogP contribution in [-0.2, 0) is 27.4 Å². The molecule has 0 atom stereocenters. The van der Waals surface area contributed by atoms with E-state index in [0.717, 1.165) is 48.3 Å². The summed E-state index contributed by atoms with van der Waals surface area (Å²) in [5.41, 5.74) is 3.86. The number of rotatable bonds is 9. The van der Waals surface area contributed by atoms with Crippen molar-refractivity contribution in [2.24, 2.45) is 11.3 Å². The Morgan fingerprint density at radius 2 is 1.57 bits per heavy atom. The van der Waals surface area contributed by atoms with Gasteiger partial charge in [0.1, 0.15) is 19.0 Å². The molecule has 0 aliphatic carbocycles. The Kier molecular flexibility index (Phi) is 9.45. The molecule has 2 heterocycles. The fourth-order valence-corrected chi connectivity index (χ4v) is 4.79. The number of hydrogen-bond donors (Lipinski definition) is 3. The molecule has 0 spiro atoms. The molecule has 2 aromatic carbocycles. The summed E-state index contributed by atoms with van der Waals surface area (Å²) in [7, 11) is 0. The van der Waals surface area contributed by atoms with Crippen molar-refractivity contribution in [3.63, 3.8) is 0 Å². The number of ether oxygens (including phenoxy) is 1. The number of nitrogens with zero attached hydrogens (tertiary/aromatic N) is 3. The molecular formula is C32H38N4O6. The van der Waals surface area contributed by atoms with E-state index in [1.54, 1.807) is 6.92 Å². The van der Waals surface area contributed by atoms with Crippen molar-refractivity contribution in [3.05, 3.63) is 71.3 Å². The van der Waals surface area contributed by atoms with E-state index in [2.05, 4.69) is 44.5 Å². The third-order valence-electron chi connectivity index (χ3n) is 7.31. The lowest BCUT2D eigenvalue weighted by Crippen LogP contribution is -2.34. The summed E-state index contributed by atoms with van der Waals surface area (Å²) in [6, 6.07) is 16.5. The van der Waals surface area contributed by atoms with Gasteiger partial charge in [-0.1, -0.05) is 36.4 Å². The SMILES string of the molecule is Cc1nc(CC2CCN(c3ccc(-c4ccc(COC(=O)C(C)(C)C)cc4)cc3)CC2)nc(C(=O)NCC(=O)O)c1O. The number of amides is 1. The summed E-state index contributed by atoms with van der Waals surface area (Å²) in [6.45, 7) is 8.55. The molecule has 0 unspecified atom stereocenters. The van der Waals surface area contributed by atoms with Gasteiger partial charge in [0.2, 0.25) is 0 Å². The van der Waals surface area contributed by atoms with Gasteiger partial charge in [-0.15, -0.1) is 0 Å². The lowest BCUT2D eigenvalue weighted by Gasteiger charge is -2.33. The quantitative estimate of drug-likeness (QED) is 0.314. The highest BCUT2D eigenvalue weighted by Gasteiger charge is 2.24. The van der Waals surface area contributed by atoms with Crippen molar-refractivity contribution in [1.82, 2.24) is 15.3 Å². The van der Waals surface area contributed by atoms with Crippen molar-refractivity contribution in [1.29, 1.82) is 0 Å². The molecular weight excluding hydrogens is 536 g/mol. The van der Waals surface area contributed by atoms with Gasteiger partial charge in [0.15, 0.2) is 11.4 Å². The summed E-state index contributed by atoms with van der Waals surface area (Å²) in [5.74, 6) is -1.69. The number of anilines is 1. The number of carbonyl (C=O) groups is 3. The van der Waals surface area contributed by atoms with Gasteiger partial charge >= 0.3 is 11.9 Å². The average molecular weight is 575 g/mol. The second-order valence-corrected chi connectivity index (χ2v) is 11.7. The third-order valence-corrected chi connectivity index (χ3v) is 7.31. The number of carbonyl (C=O) groups excluding carboxylic acids is 2. The van der Waals surface area contributed by atoms with Crippen LogP contribution < -0.4 is 10.2 Å². The van der Waals surface area contributed by atoms with Crippen LogP contribution in [0.4, 0.5) is 5.69 Å². The smallest absolute Gasteiger partial charge is 0.322 e. The predicted octanol–water partition coefficient (Wildman–Crippen LogP) is 4.52. The Bertz CT molecular complexity index is 1420. The Hall–Kier alpha value is -4.47. The average Bonchev–Trinajstić information content (AvgIpc) is 2.96. The molecule has 222 valence electrons. The molecule has 0 bridgehead atoms. The van der Waals surface area contributed by atoms with Crippen LogP contribution in [-0.4, -0.2) is 57.7 Å². The Balaban J connectivity index is 1.31. The van der Waals surface area contributed by atoms with Gasteiger partial charge in [-0.3, -0.25) is 14.4 Å². The van der Waals surface area contributed by atoms with Gasteiger partial charge in [-0.2, -0.15) is 0 Å². The highest BCUT2D eigenvalue weighted by atomic mass is 16.5. The molecule has 1 aromatic heterocycles. The van der Waals surface area contributed by atoms with E-state index in [4.69, 9.17) is 9.84 Å². The predicted molar refractivity (Wildman–Crippen MR) is 158 cm³/mol. The minimum absolute atomic E-state index is 0.199. The van der Waals surface area contributed by atoms with Crippen molar-refractivity contribution in [2.45, 2.75) is 53.6 Å². The molecule has 10 heteroatoms. The molecule has 10 nitrogen and oxygen atoms in total. The number of aliphatic carboxylic acids is 1. The number of esters is 1. The van der Waals surface area contributed by atoms with Gasteiger partial charge in [0.25, 0.3) is 5.91 Å². The molecule has 42 heavy (non-hydrogen) atoms. The lowest BCUT2D eigenvalue weighted by atomic mass is 9.92. The summed E-state index contributed by atoms with van der Waals surface area (Å²) in [4.78, 5) is 46.1. The Morgan fingerprint density at radius 1 is 0.976 bits per heavy atom. The van der Waals surface area contributed by atoms with Crippen LogP contribution in [0.15, 0.2) is 48.5 Å². The zero-order valence-electron chi connectivity index (χ0n) is 24.5. The first-order valence-electron chi connectivity index (χ1n) is 14.1. The zero-order chi connectivity index (χ0) is 30.4. The van der Waals surface area contributed by atoms with E-state index in [0.29, 0.717) is 18.2 Å². The van der Waals surface area contributed by atoms with Gasteiger partial charge in [0, 0.05) is 25.2 Å². The first kappa shape index (κ1) is 30.5. The highest BCUT2D eigenvalue weighted by molar-refractivity contribution is 5.96. The van der Waals surface area contributed by atoms with Gasteiger partial charge in [0.05, 0.1) is 11.1 Å². The topological polar surface area (TPSA) is 142 Å². The molecule has 4 rings (SSSR count). The molecule has 0 saturated carbocycles. The second-order valence-electron chi connectivity index (χ2n) is 11.7. The molecule has 1 fully saturated rings. The second kappa shape index (κ2) is 13.0. The number of nitrogens with one attached hydrogen (secondary N) is 1.